The number of esters is 2. The molecule has 0 saturated carbocycles. The van der Waals surface area contributed by atoms with Crippen molar-refractivity contribution in [3.8, 4) is 0 Å². The highest BCUT2D eigenvalue weighted by Crippen LogP contribution is 2.55. The Kier molecular flexibility index (Phi) is 5.76. The summed E-state index contributed by atoms with van der Waals surface area (Å²) >= 11 is 0. The van der Waals surface area contributed by atoms with Crippen molar-refractivity contribution < 1.29 is 24.0 Å². The number of rotatable bonds is 4. The molecule has 1 heterocycles. The molecule has 2 aliphatic rings. The molecule has 0 spiro atoms. The third-order valence-electron chi connectivity index (χ3n) is 6.15. The number of allylic oxidation sites excluding steroid dienone is 2. The van der Waals surface area contributed by atoms with Crippen molar-refractivity contribution in [2.45, 2.75) is 51.9 Å². The lowest BCUT2D eigenvalue weighted by atomic mass is 9.81. The van der Waals surface area contributed by atoms with Crippen LogP contribution in [0.3, 0.4) is 0 Å². The van der Waals surface area contributed by atoms with Crippen molar-refractivity contribution in [3.05, 3.63) is 68.6 Å². The molecule has 0 radical (unpaired) electrons. The maximum absolute atomic E-state index is 12.8. The van der Waals surface area contributed by atoms with Gasteiger partial charge in [-0.05, 0) is 48.0 Å². The lowest BCUT2D eigenvalue weighted by molar-refractivity contribution is -0.386. The summed E-state index contributed by atoms with van der Waals surface area (Å²) in [5, 5.41) is 12.3. The highest BCUT2D eigenvalue weighted by atomic mass is 16.6. The zero-order valence-electron chi connectivity index (χ0n) is 19.4. The molecule has 0 unspecified atom stereocenters. The van der Waals surface area contributed by atoms with Crippen LogP contribution in [0.4, 0.5) is 11.4 Å². The van der Waals surface area contributed by atoms with Gasteiger partial charge in [0.2, 0.25) is 0 Å². The third kappa shape index (κ3) is 3.59. The van der Waals surface area contributed by atoms with Crippen LogP contribution in [0.5, 0.6) is 0 Å². The molecule has 0 aromatic heterocycles. The number of anilines is 1. The first-order chi connectivity index (χ1) is 14.9. The normalized spacial score (nSPS) is 18.3. The number of carbonyl (C=O) groups excluding carboxylic acids is 2. The average molecular weight is 440 g/mol. The Labute approximate surface area is 187 Å². The Morgan fingerprint density at radius 1 is 1.06 bits per heavy atom. The molecule has 8 heteroatoms. The quantitative estimate of drug-likeness (QED) is 0.390. The van der Waals surface area contributed by atoms with Crippen LogP contribution in [0, 0.1) is 17.0 Å². The SMILES string of the molecule is COC(=O)C1=C(C(=O)OC)N(c2cc3c(c([N+](=O)[O-])c2C)C(C)(C)CC3(C)C)C=CC=C1. The van der Waals surface area contributed by atoms with E-state index in [9.17, 15) is 19.7 Å². The summed E-state index contributed by atoms with van der Waals surface area (Å²) in [7, 11) is 2.43. The van der Waals surface area contributed by atoms with Crippen LogP contribution in [0.25, 0.3) is 0 Å². The van der Waals surface area contributed by atoms with Crippen LogP contribution in [-0.4, -0.2) is 31.1 Å². The summed E-state index contributed by atoms with van der Waals surface area (Å²) < 4.78 is 9.82. The van der Waals surface area contributed by atoms with Gasteiger partial charge in [0.25, 0.3) is 5.69 Å². The summed E-state index contributed by atoms with van der Waals surface area (Å²) in [6.07, 6.45) is 7.03. The first-order valence-electron chi connectivity index (χ1n) is 10.3. The van der Waals surface area contributed by atoms with Gasteiger partial charge in [0, 0.05) is 11.8 Å². The van der Waals surface area contributed by atoms with Crippen LogP contribution in [-0.2, 0) is 29.9 Å². The highest BCUT2D eigenvalue weighted by Gasteiger charge is 2.48. The van der Waals surface area contributed by atoms with E-state index in [0.717, 1.165) is 12.0 Å². The standard InChI is InChI=1S/C24H28N2O6/c1-14-17(12-16-18(19(14)26(29)30)24(4,5)13-23(16,2)3)25-11-9-8-10-15(21(27)31-6)20(25)22(28)32-7/h8-12H,13H2,1-7H3. The molecule has 1 aromatic rings. The Bertz CT molecular complexity index is 1110. The van der Waals surface area contributed by atoms with Gasteiger partial charge in [0.15, 0.2) is 0 Å². The summed E-state index contributed by atoms with van der Waals surface area (Å²) in [6, 6.07) is 1.89. The van der Waals surface area contributed by atoms with Gasteiger partial charge in [-0.25, -0.2) is 9.59 Å². The fourth-order valence-corrected chi connectivity index (χ4v) is 5.09. The average Bonchev–Trinajstić information content (AvgIpc) is 2.85. The predicted octanol–water partition coefficient (Wildman–Crippen LogP) is 4.35. The van der Waals surface area contributed by atoms with E-state index in [0.29, 0.717) is 16.8 Å². The first-order valence-corrected chi connectivity index (χ1v) is 10.3. The van der Waals surface area contributed by atoms with Crippen molar-refractivity contribution in [2.75, 3.05) is 19.1 Å². The Morgan fingerprint density at radius 3 is 2.25 bits per heavy atom. The second kappa shape index (κ2) is 7.93. The van der Waals surface area contributed by atoms with Crippen molar-refractivity contribution in [2.24, 2.45) is 0 Å². The van der Waals surface area contributed by atoms with Crippen LogP contribution < -0.4 is 4.90 Å². The number of hydrogen-bond donors (Lipinski definition) is 0. The van der Waals surface area contributed by atoms with Gasteiger partial charge in [0.1, 0.15) is 5.70 Å². The predicted molar refractivity (Wildman–Crippen MR) is 120 cm³/mol. The van der Waals surface area contributed by atoms with Gasteiger partial charge < -0.3 is 14.4 Å². The molecular formula is C24H28N2O6. The number of nitro benzene ring substituents is 1. The van der Waals surface area contributed by atoms with E-state index in [1.165, 1.54) is 25.2 Å². The molecule has 0 N–H and O–H groups in total. The molecule has 170 valence electrons. The maximum atomic E-state index is 12.8. The monoisotopic (exact) mass is 440 g/mol. The smallest absolute Gasteiger partial charge is 0.355 e. The third-order valence-corrected chi connectivity index (χ3v) is 6.15. The summed E-state index contributed by atoms with van der Waals surface area (Å²) in [5.41, 5.74) is 1.64. The number of nitro groups is 1. The fraction of sp³-hybridized carbons (Fsp3) is 0.417. The Balaban J connectivity index is 2.41. The molecule has 1 aliphatic heterocycles. The number of methoxy groups -OCH3 is 2. The van der Waals surface area contributed by atoms with Crippen molar-refractivity contribution in [1.29, 1.82) is 0 Å². The number of fused-ring (bicyclic) bond motifs is 1. The molecule has 3 rings (SSSR count). The van der Waals surface area contributed by atoms with E-state index in [1.807, 2.05) is 19.9 Å². The van der Waals surface area contributed by atoms with Crippen LogP contribution >= 0.6 is 0 Å². The van der Waals surface area contributed by atoms with Gasteiger partial charge in [-0.2, -0.15) is 0 Å². The number of nitrogens with zero attached hydrogens (tertiary/aromatic N) is 2. The maximum Gasteiger partial charge on any atom is 0.355 e. The zero-order valence-corrected chi connectivity index (χ0v) is 19.4. The first kappa shape index (κ1) is 23.2. The van der Waals surface area contributed by atoms with Crippen molar-refractivity contribution in [1.82, 2.24) is 0 Å². The molecule has 0 fully saturated rings. The van der Waals surface area contributed by atoms with E-state index in [4.69, 9.17) is 9.47 Å². The van der Waals surface area contributed by atoms with E-state index < -0.39 is 11.9 Å². The molecular weight excluding hydrogens is 412 g/mol. The number of carbonyl (C=O) groups is 2. The Morgan fingerprint density at radius 2 is 1.69 bits per heavy atom. The van der Waals surface area contributed by atoms with Gasteiger partial charge >= 0.3 is 11.9 Å². The summed E-state index contributed by atoms with van der Waals surface area (Å²) in [6.45, 7) is 9.80. The lowest BCUT2D eigenvalue weighted by Crippen LogP contribution is -2.28. The highest BCUT2D eigenvalue weighted by molar-refractivity contribution is 6.05. The van der Waals surface area contributed by atoms with E-state index in [1.54, 1.807) is 25.3 Å². The number of hydrogen-bond acceptors (Lipinski definition) is 7. The van der Waals surface area contributed by atoms with E-state index in [2.05, 4.69) is 13.8 Å². The topological polar surface area (TPSA) is 99.0 Å². The number of benzene rings is 1. The second-order valence-corrected chi connectivity index (χ2v) is 9.31. The van der Waals surface area contributed by atoms with Crippen LogP contribution in [0.1, 0.15) is 50.8 Å². The molecule has 1 aliphatic carbocycles. The minimum atomic E-state index is -0.760. The van der Waals surface area contributed by atoms with Gasteiger partial charge in [-0.3, -0.25) is 10.1 Å². The van der Waals surface area contributed by atoms with Crippen molar-refractivity contribution in [3.63, 3.8) is 0 Å². The Hall–Kier alpha value is -3.42. The van der Waals surface area contributed by atoms with Gasteiger partial charge in [-0.1, -0.05) is 33.8 Å². The summed E-state index contributed by atoms with van der Waals surface area (Å²) in [5.74, 6) is -1.48. The van der Waals surface area contributed by atoms with E-state index in [-0.39, 0.29) is 32.7 Å². The summed E-state index contributed by atoms with van der Waals surface area (Å²) in [4.78, 5) is 38.6. The van der Waals surface area contributed by atoms with Crippen LogP contribution in [0.2, 0.25) is 0 Å². The molecule has 1 aromatic carbocycles. The van der Waals surface area contributed by atoms with Crippen molar-refractivity contribution >= 4 is 23.3 Å². The molecule has 0 amide bonds. The largest absolute Gasteiger partial charge is 0.465 e. The molecule has 8 nitrogen and oxygen atoms in total. The lowest BCUT2D eigenvalue weighted by Gasteiger charge is -2.27. The van der Waals surface area contributed by atoms with Gasteiger partial charge in [0.05, 0.1) is 36.0 Å². The molecule has 0 bridgehead atoms. The molecule has 0 atom stereocenters. The molecule has 32 heavy (non-hydrogen) atoms. The van der Waals surface area contributed by atoms with Gasteiger partial charge in [-0.15, -0.1) is 0 Å². The van der Waals surface area contributed by atoms with E-state index >= 15 is 0 Å². The minimum Gasteiger partial charge on any atom is -0.465 e. The second-order valence-electron chi connectivity index (χ2n) is 9.31. The molecule has 0 saturated heterocycles. The zero-order chi connectivity index (χ0) is 24.0. The number of ether oxygens (including phenoxy) is 2. The fourth-order valence-electron chi connectivity index (χ4n) is 5.09. The van der Waals surface area contributed by atoms with Crippen LogP contribution in [0.15, 0.2) is 41.8 Å². The minimum absolute atomic E-state index is 0.00788.